The second kappa shape index (κ2) is 9.00. The van der Waals surface area contributed by atoms with Gasteiger partial charge in [-0.2, -0.15) is 0 Å². The summed E-state index contributed by atoms with van der Waals surface area (Å²) in [6, 6.07) is 5.93. The third-order valence-electron chi connectivity index (χ3n) is 4.55. The molecular weight excluding hydrogens is 354 g/mol. The van der Waals surface area contributed by atoms with Gasteiger partial charge in [-0.05, 0) is 70.5 Å². The van der Waals surface area contributed by atoms with Crippen LogP contribution < -0.4 is 15.4 Å². The van der Waals surface area contributed by atoms with E-state index in [1.807, 2.05) is 43.7 Å². The van der Waals surface area contributed by atoms with E-state index in [2.05, 4.69) is 20.9 Å². The molecule has 1 aliphatic rings. The molecular formula is C18H26ClN5O2. The Balaban J connectivity index is 0.00000243. The Morgan fingerprint density at radius 2 is 2.08 bits per heavy atom. The third kappa shape index (κ3) is 4.34. The minimum Gasteiger partial charge on any atom is -0.494 e. The van der Waals surface area contributed by atoms with Crippen molar-refractivity contribution in [3.63, 3.8) is 0 Å². The van der Waals surface area contributed by atoms with Crippen molar-refractivity contribution >= 4 is 24.0 Å². The van der Waals surface area contributed by atoms with E-state index < -0.39 is 0 Å². The topological polar surface area (TPSA) is 81.1 Å². The molecule has 7 nitrogen and oxygen atoms in total. The third-order valence-corrected chi connectivity index (χ3v) is 4.55. The first kappa shape index (κ1) is 20.2. The fourth-order valence-electron chi connectivity index (χ4n) is 3.16. The molecule has 3 rings (SSSR count). The number of hydrogen-bond donors (Lipinski definition) is 2. The fourth-order valence-corrected chi connectivity index (χ4v) is 3.16. The predicted octanol–water partition coefficient (Wildman–Crippen LogP) is 2.89. The molecule has 8 heteroatoms. The largest absolute Gasteiger partial charge is 0.494 e. The molecule has 0 saturated carbocycles. The average Bonchev–Trinajstić information content (AvgIpc) is 3.00. The Morgan fingerprint density at radius 3 is 2.73 bits per heavy atom. The van der Waals surface area contributed by atoms with Crippen LogP contribution in [0.15, 0.2) is 18.2 Å². The van der Waals surface area contributed by atoms with E-state index in [4.69, 9.17) is 4.74 Å². The molecule has 1 aromatic heterocycles. The van der Waals surface area contributed by atoms with Crippen molar-refractivity contribution in [2.75, 3.05) is 25.0 Å². The second-order valence-corrected chi connectivity index (χ2v) is 6.31. The number of halogens is 1. The zero-order valence-corrected chi connectivity index (χ0v) is 16.2. The minimum atomic E-state index is -0.232. The van der Waals surface area contributed by atoms with E-state index in [9.17, 15) is 4.79 Å². The van der Waals surface area contributed by atoms with Crippen LogP contribution in [0.1, 0.15) is 47.6 Å². The van der Waals surface area contributed by atoms with Gasteiger partial charge in [-0.3, -0.25) is 4.79 Å². The molecule has 0 spiro atoms. The van der Waals surface area contributed by atoms with Crippen molar-refractivity contribution in [3.8, 4) is 5.75 Å². The molecule has 26 heavy (non-hydrogen) atoms. The number of piperidine rings is 1. The van der Waals surface area contributed by atoms with Crippen LogP contribution in [-0.2, 0) is 0 Å². The molecule has 2 heterocycles. The number of anilines is 1. The molecule has 2 aromatic rings. The van der Waals surface area contributed by atoms with E-state index in [-0.39, 0.29) is 18.3 Å². The van der Waals surface area contributed by atoms with Crippen molar-refractivity contribution in [3.05, 3.63) is 35.2 Å². The minimum absolute atomic E-state index is 0. The van der Waals surface area contributed by atoms with Crippen LogP contribution in [0.4, 0.5) is 5.69 Å². The number of carbonyl (C=O) groups excluding carboxylic acids is 1. The summed E-state index contributed by atoms with van der Waals surface area (Å²) < 4.78 is 7.37. The molecule has 0 radical (unpaired) electrons. The molecule has 1 aromatic carbocycles. The van der Waals surface area contributed by atoms with E-state index in [1.54, 1.807) is 0 Å². The molecule has 1 aliphatic heterocycles. The maximum Gasteiger partial charge on any atom is 0.278 e. The normalized spacial score (nSPS) is 14.6. The first-order valence-electron chi connectivity index (χ1n) is 8.77. The SMILES string of the molecule is CCOc1ccc(NC(=O)c2nnn(C3CCNCC3)c2C)c(C)c1.Cl. The molecule has 0 bridgehead atoms. The molecule has 0 aliphatic carbocycles. The van der Waals surface area contributed by atoms with E-state index >= 15 is 0 Å². The second-order valence-electron chi connectivity index (χ2n) is 6.31. The highest BCUT2D eigenvalue weighted by molar-refractivity contribution is 6.03. The van der Waals surface area contributed by atoms with Crippen LogP contribution in [-0.4, -0.2) is 40.6 Å². The Kier molecular flexibility index (Phi) is 6.99. The summed E-state index contributed by atoms with van der Waals surface area (Å²) in [5.74, 6) is 0.566. The lowest BCUT2D eigenvalue weighted by Gasteiger charge is -2.23. The van der Waals surface area contributed by atoms with Crippen molar-refractivity contribution in [2.24, 2.45) is 0 Å². The Hall–Kier alpha value is -2.12. The van der Waals surface area contributed by atoms with E-state index in [0.29, 0.717) is 18.3 Å². The van der Waals surface area contributed by atoms with Gasteiger partial charge in [0.15, 0.2) is 5.69 Å². The summed E-state index contributed by atoms with van der Waals surface area (Å²) in [5.41, 5.74) is 2.90. The number of rotatable bonds is 5. The molecule has 1 amide bonds. The van der Waals surface area contributed by atoms with Gasteiger partial charge >= 0.3 is 0 Å². The molecule has 2 N–H and O–H groups in total. The number of aromatic nitrogens is 3. The lowest BCUT2D eigenvalue weighted by molar-refractivity contribution is 0.102. The van der Waals surface area contributed by atoms with Crippen LogP contribution in [0.25, 0.3) is 0 Å². The van der Waals surface area contributed by atoms with Crippen LogP contribution in [0, 0.1) is 13.8 Å². The molecule has 1 fully saturated rings. The Bertz CT molecular complexity index is 756. The summed E-state index contributed by atoms with van der Waals surface area (Å²) in [5, 5.41) is 14.6. The summed E-state index contributed by atoms with van der Waals surface area (Å²) in [4.78, 5) is 12.6. The molecule has 1 saturated heterocycles. The first-order valence-corrected chi connectivity index (χ1v) is 8.77. The number of aryl methyl sites for hydroxylation is 1. The summed E-state index contributed by atoms with van der Waals surface area (Å²) in [7, 11) is 0. The lowest BCUT2D eigenvalue weighted by Crippen LogP contribution is -2.30. The van der Waals surface area contributed by atoms with Crippen LogP contribution in [0.3, 0.4) is 0 Å². The molecule has 0 atom stereocenters. The zero-order valence-electron chi connectivity index (χ0n) is 15.4. The van der Waals surface area contributed by atoms with Gasteiger partial charge in [0.2, 0.25) is 0 Å². The highest BCUT2D eigenvalue weighted by Gasteiger charge is 2.23. The van der Waals surface area contributed by atoms with E-state index in [0.717, 1.165) is 48.6 Å². The van der Waals surface area contributed by atoms with Crippen molar-refractivity contribution in [2.45, 2.75) is 39.7 Å². The van der Waals surface area contributed by atoms with Crippen molar-refractivity contribution in [1.29, 1.82) is 0 Å². The van der Waals surface area contributed by atoms with Gasteiger partial charge in [0.05, 0.1) is 18.3 Å². The van der Waals surface area contributed by atoms with Crippen molar-refractivity contribution in [1.82, 2.24) is 20.3 Å². The van der Waals surface area contributed by atoms with Gasteiger partial charge in [0.25, 0.3) is 5.91 Å². The standard InChI is InChI=1S/C18H25N5O2.ClH/c1-4-25-15-5-6-16(12(2)11-15)20-18(24)17-13(3)23(22-21-17)14-7-9-19-10-8-14;/h5-6,11,14,19H,4,7-10H2,1-3H3,(H,20,24);1H. The number of benzene rings is 1. The van der Waals surface area contributed by atoms with E-state index in [1.165, 1.54) is 0 Å². The monoisotopic (exact) mass is 379 g/mol. The van der Waals surface area contributed by atoms with Gasteiger partial charge < -0.3 is 15.4 Å². The van der Waals surface area contributed by atoms with Gasteiger partial charge in [0.1, 0.15) is 5.75 Å². The Morgan fingerprint density at radius 1 is 1.35 bits per heavy atom. The van der Waals surface area contributed by atoms with Gasteiger partial charge in [-0.1, -0.05) is 5.21 Å². The molecule has 142 valence electrons. The molecule has 0 unspecified atom stereocenters. The lowest BCUT2D eigenvalue weighted by atomic mass is 10.1. The Labute approximate surface area is 159 Å². The highest BCUT2D eigenvalue weighted by atomic mass is 35.5. The van der Waals surface area contributed by atoms with Crippen LogP contribution in [0.2, 0.25) is 0 Å². The number of nitrogens with zero attached hydrogens (tertiary/aromatic N) is 3. The number of nitrogens with one attached hydrogen (secondary N) is 2. The maximum atomic E-state index is 12.6. The van der Waals surface area contributed by atoms with Gasteiger partial charge in [0, 0.05) is 5.69 Å². The smallest absolute Gasteiger partial charge is 0.278 e. The zero-order chi connectivity index (χ0) is 17.8. The summed E-state index contributed by atoms with van der Waals surface area (Å²) in [6.07, 6.45) is 2.01. The predicted molar refractivity (Wildman–Crippen MR) is 103 cm³/mol. The maximum absolute atomic E-state index is 12.6. The van der Waals surface area contributed by atoms with Gasteiger partial charge in [-0.15, -0.1) is 17.5 Å². The number of hydrogen-bond acceptors (Lipinski definition) is 5. The first-order chi connectivity index (χ1) is 12.1. The van der Waals surface area contributed by atoms with Crippen LogP contribution in [0.5, 0.6) is 5.75 Å². The summed E-state index contributed by atoms with van der Waals surface area (Å²) in [6.45, 7) is 8.34. The highest BCUT2D eigenvalue weighted by Crippen LogP contribution is 2.23. The van der Waals surface area contributed by atoms with Gasteiger partial charge in [-0.25, -0.2) is 4.68 Å². The number of ether oxygens (including phenoxy) is 1. The quantitative estimate of drug-likeness (QED) is 0.834. The number of amides is 1. The van der Waals surface area contributed by atoms with Crippen molar-refractivity contribution < 1.29 is 9.53 Å². The average molecular weight is 380 g/mol. The number of carbonyl (C=O) groups is 1. The van der Waals surface area contributed by atoms with Crippen LogP contribution >= 0.6 is 12.4 Å². The fraction of sp³-hybridized carbons (Fsp3) is 0.500. The summed E-state index contributed by atoms with van der Waals surface area (Å²) >= 11 is 0.